The fraction of sp³-hybridized carbons (Fsp3) is 0.231. The van der Waals surface area contributed by atoms with Gasteiger partial charge in [-0.1, -0.05) is 0 Å². The highest BCUT2D eigenvalue weighted by Gasteiger charge is 2.03. The molecule has 5 nitrogen and oxygen atoms in total. The van der Waals surface area contributed by atoms with E-state index in [1.807, 2.05) is 0 Å². The number of nitrogens with zero attached hydrogens (tertiary/aromatic N) is 2. The first-order valence-electron chi connectivity index (χ1n) is 5.99. The summed E-state index contributed by atoms with van der Waals surface area (Å²) in [6.07, 6.45) is 4.00. The molecule has 2 aromatic rings. The van der Waals surface area contributed by atoms with Gasteiger partial charge < -0.3 is 14.9 Å². The lowest BCUT2D eigenvalue weighted by Crippen LogP contribution is -2.23. The minimum Gasteiger partial charge on any atom is -0.398 e. The summed E-state index contributed by atoms with van der Waals surface area (Å²) in [6, 6.07) is 4.73. The SMILES string of the molecule is Nc1ccc(=O)n(CCCn2cc(Br)cc(Br)c2=O)c1. The topological polar surface area (TPSA) is 70.0 Å². The Morgan fingerprint density at radius 2 is 1.75 bits per heavy atom. The maximum atomic E-state index is 11.9. The van der Waals surface area contributed by atoms with Crippen molar-refractivity contribution in [1.29, 1.82) is 0 Å². The second kappa shape index (κ2) is 6.41. The fourth-order valence-corrected chi connectivity index (χ4v) is 3.12. The molecular formula is C13H13Br2N3O2. The molecule has 7 heteroatoms. The summed E-state index contributed by atoms with van der Waals surface area (Å²) >= 11 is 6.56. The zero-order valence-corrected chi connectivity index (χ0v) is 13.7. The van der Waals surface area contributed by atoms with Gasteiger partial charge in [0.05, 0.1) is 4.47 Å². The first kappa shape index (κ1) is 15.1. The van der Waals surface area contributed by atoms with Crippen molar-refractivity contribution in [2.24, 2.45) is 0 Å². The van der Waals surface area contributed by atoms with E-state index in [2.05, 4.69) is 31.9 Å². The van der Waals surface area contributed by atoms with Crippen molar-refractivity contribution in [1.82, 2.24) is 9.13 Å². The number of nitrogens with two attached hydrogens (primary N) is 1. The summed E-state index contributed by atoms with van der Waals surface area (Å²) in [7, 11) is 0. The Hall–Kier alpha value is -1.34. The fourth-order valence-electron chi connectivity index (χ4n) is 1.87. The molecule has 0 unspecified atom stereocenters. The van der Waals surface area contributed by atoms with E-state index >= 15 is 0 Å². The molecule has 0 aromatic carbocycles. The third-order valence-corrected chi connectivity index (χ3v) is 3.82. The van der Waals surface area contributed by atoms with Gasteiger partial charge in [0, 0.05) is 41.7 Å². The van der Waals surface area contributed by atoms with E-state index in [0.29, 0.717) is 29.7 Å². The van der Waals surface area contributed by atoms with Crippen molar-refractivity contribution in [3.8, 4) is 0 Å². The second-order valence-corrected chi connectivity index (χ2v) is 6.12. The van der Waals surface area contributed by atoms with Crippen molar-refractivity contribution in [2.45, 2.75) is 19.5 Å². The molecular weight excluding hydrogens is 390 g/mol. The zero-order chi connectivity index (χ0) is 14.7. The van der Waals surface area contributed by atoms with Crippen molar-refractivity contribution in [3.05, 3.63) is 60.2 Å². The van der Waals surface area contributed by atoms with Crippen LogP contribution in [0.1, 0.15) is 6.42 Å². The maximum Gasteiger partial charge on any atom is 0.264 e. The predicted octanol–water partition coefficient (Wildman–Crippen LogP) is 2.21. The third kappa shape index (κ3) is 3.61. The van der Waals surface area contributed by atoms with E-state index in [4.69, 9.17) is 5.73 Å². The van der Waals surface area contributed by atoms with Crippen LogP contribution in [0.25, 0.3) is 0 Å². The summed E-state index contributed by atoms with van der Waals surface area (Å²) in [4.78, 5) is 23.5. The van der Waals surface area contributed by atoms with Crippen LogP contribution < -0.4 is 16.9 Å². The Morgan fingerprint density at radius 1 is 1.05 bits per heavy atom. The van der Waals surface area contributed by atoms with Gasteiger partial charge in [0.2, 0.25) is 0 Å². The number of hydrogen-bond acceptors (Lipinski definition) is 3. The second-order valence-electron chi connectivity index (χ2n) is 4.35. The highest BCUT2D eigenvalue weighted by molar-refractivity contribution is 9.11. The molecule has 0 aliphatic carbocycles. The van der Waals surface area contributed by atoms with Crippen molar-refractivity contribution in [3.63, 3.8) is 0 Å². The van der Waals surface area contributed by atoms with Gasteiger partial charge in [-0.05, 0) is 50.4 Å². The van der Waals surface area contributed by atoms with Crippen LogP contribution in [0.15, 0.2) is 49.1 Å². The molecule has 0 amide bonds. The number of aromatic nitrogens is 2. The number of halogens is 2. The number of rotatable bonds is 4. The molecule has 0 fully saturated rings. The van der Waals surface area contributed by atoms with E-state index in [0.717, 1.165) is 4.47 Å². The number of hydrogen-bond donors (Lipinski definition) is 1. The van der Waals surface area contributed by atoms with Gasteiger partial charge in [-0.15, -0.1) is 0 Å². The molecule has 2 heterocycles. The average molecular weight is 403 g/mol. The van der Waals surface area contributed by atoms with Gasteiger partial charge in [-0.2, -0.15) is 0 Å². The first-order chi connectivity index (χ1) is 9.47. The van der Waals surface area contributed by atoms with Crippen LogP contribution in [0.3, 0.4) is 0 Å². The highest BCUT2D eigenvalue weighted by Crippen LogP contribution is 2.13. The van der Waals surface area contributed by atoms with Crippen molar-refractivity contribution >= 4 is 37.5 Å². The lowest BCUT2D eigenvalue weighted by atomic mass is 10.3. The summed E-state index contributed by atoms with van der Waals surface area (Å²) < 4.78 is 4.48. The van der Waals surface area contributed by atoms with E-state index in [1.165, 1.54) is 6.07 Å². The van der Waals surface area contributed by atoms with E-state index in [9.17, 15) is 9.59 Å². The molecule has 2 rings (SSSR count). The van der Waals surface area contributed by atoms with Crippen LogP contribution in [0, 0.1) is 0 Å². The summed E-state index contributed by atoms with van der Waals surface area (Å²) in [5, 5.41) is 0. The molecule has 0 atom stereocenters. The van der Waals surface area contributed by atoms with Gasteiger partial charge >= 0.3 is 0 Å². The highest BCUT2D eigenvalue weighted by atomic mass is 79.9. The minimum atomic E-state index is -0.0954. The molecule has 2 aromatic heterocycles. The Kier molecular flexibility index (Phi) is 4.82. The van der Waals surface area contributed by atoms with Crippen LogP contribution in [0.4, 0.5) is 5.69 Å². The number of aryl methyl sites for hydroxylation is 2. The quantitative estimate of drug-likeness (QED) is 0.852. The smallest absolute Gasteiger partial charge is 0.264 e. The van der Waals surface area contributed by atoms with Crippen LogP contribution in [0.2, 0.25) is 0 Å². The third-order valence-electron chi connectivity index (χ3n) is 2.81. The largest absolute Gasteiger partial charge is 0.398 e. The van der Waals surface area contributed by atoms with Crippen LogP contribution in [0.5, 0.6) is 0 Å². The molecule has 0 bridgehead atoms. The lowest BCUT2D eigenvalue weighted by Gasteiger charge is -2.09. The molecule has 0 aliphatic heterocycles. The van der Waals surface area contributed by atoms with Crippen molar-refractivity contribution < 1.29 is 0 Å². The Labute approximate surface area is 132 Å². The molecule has 0 aliphatic rings. The number of nitrogen functional groups attached to an aromatic ring is 1. The van der Waals surface area contributed by atoms with E-state index in [1.54, 1.807) is 33.7 Å². The Morgan fingerprint density at radius 3 is 2.50 bits per heavy atom. The first-order valence-corrected chi connectivity index (χ1v) is 7.57. The average Bonchev–Trinajstić information content (AvgIpc) is 2.39. The van der Waals surface area contributed by atoms with Gasteiger partial charge in [-0.3, -0.25) is 9.59 Å². The molecule has 20 heavy (non-hydrogen) atoms. The summed E-state index contributed by atoms with van der Waals surface area (Å²) in [5.41, 5.74) is 6.01. The van der Waals surface area contributed by atoms with Gasteiger partial charge in [0.25, 0.3) is 11.1 Å². The Balaban J connectivity index is 2.09. The normalized spacial score (nSPS) is 10.7. The molecule has 0 saturated carbocycles. The van der Waals surface area contributed by atoms with E-state index in [-0.39, 0.29) is 11.1 Å². The predicted molar refractivity (Wildman–Crippen MR) is 85.8 cm³/mol. The Bertz CT molecular complexity index is 737. The number of anilines is 1. The molecule has 0 saturated heterocycles. The van der Waals surface area contributed by atoms with Gasteiger partial charge in [0.1, 0.15) is 0 Å². The van der Waals surface area contributed by atoms with E-state index < -0.39 is 0 Å². The monoisotopic (exact) mass is 401 g/mol. The van der Waals surface area contributed by atoms with Crippen LogP contribution in [-0.2, 0) is 13.1 Å². The van der Waals surface area contributed by atoms with Crippen LogP contribution >= 0.6 is 31.9 Å². The maximum absolute atomic E-state index is 11.9. The standard InChI is InChI=1S/C13H13Br2N3O2/c14-9-6-11(15)13(20)18(7-9)5-1-4-17-8-10(16)2-3-12(17)19/h2-3,6-8H,1,4-5,16H2. The van der Waals surface area contributed by atoms with Gasteiger partial charge in [0.15, 0.2) is 0 Å². The zero-order valence-electron chi connectivity index (χ0n) is 10.6. The van der Waals surface area contributed by atoms with Gasteiger partial charge in [-0.25, -0.2) is 0 Å². The lowest BCUT2D eigenvalue weighted by molar-refractivity contribution is 0.542. The molecule has 2 N–H and O–H groups in total. The minimum absolute atomic E-state index is 0.0897. The summed E-state index contributed by atoms with van der Waals surface area (Å²) in [5.74, 6) is 0. The number of pyridine rings is 2. The molecule has 0 spiro atoms. The summed E-state index contributed by atoms with van der Waals surface area (Å²) in [6.45, 7) is 1.04. The molecule has 106 valence electrons. The van der Waals surface area contributed by atoms with Crippen LogP contribution in [-0.4, -0.2) is 9.13 Å². The molecule has 0 radical (unpaired) electrons. The van der Waals surface area contributed by atoms with Crippen molar-refractivity contribution in [2.75, 3.05) is 5.73 Å².